The molecular formula is C17H29N3O2. The molecule has 1 aliphatic carbocycles. The first kappa shape index (κ1) is 15.9. The molecule has 124 valence electrons. The minimum atomic E-state index is -0.103. The molecule has 1 aromatic rings. The smallest absolute Gasteiger partial charge is 0.240 e. The second-order valence-electron chi connectivity index (χ2n) is 6.93. The molecule has 22 heavy (non-hydrogen) atoms. The summed E-state index contributed by atoms with van der Waals surface area (Å²) in [6.45, 7) is 3.89. The van der Waals surface area contributed by atoms with Crippen molar-refractivity contribution in [3.63, 3.8) is 0 Å². The Kier molecular flexibility index (Phi) is 5.47. The lowest BCUT2D eigenvalue weighted by atomic mass is 9.84. The molecule has 5 heteroatoms. The predicted octanol–water partition coefficient (Wildman–Crippen LogP) is 3.71. The van der Waals surface area contributed by atoms with Crippen LogP contribution in [-0.2, 0) is 11.3 Å². The third-order valence-corrected chi connectivity index (χ3v) is 5.37. The number of rotatable bonds is 6. The minimum absolute atomic E-state index is 0.103. The van der Waals surface area contributed by atoms with Crippen molar-refractivity contribution in [1.29, 1.82) is 0 Å². The van der Waals surface area contributed by atoms with E-state index in [1.807, 2.05) is 6.92 Å². The van der Waals surface area contributed by atoms with Crippen LogP contribution in [0.2, 0.25) is 0 Å². The molecule has 0 radical (unpaired) electrons. The second-order valence-corrected chi connectivity index (χ2v) is 6.93. The fourth-order valence-corrected chi connectivity index (χ4v) is 3.95. The highest BCUT2D eigenvalue weighted by Gasteiger charge is 2.29. The average Bonchev–Trinajstić information content (AvgIpc) is 3.18. The molecule has 1 saturated heterocycles. The van der Waals surface area contributed by atoms with E-state index in [2.05, 4.69) is 15.0 Å². The molecule has 2 unspecified atom stereocenters. The normalized spacial score (nSPS) is 25.6. The quantitative estimate of drug-likeness (QED) is 0.802. The first-order valence-corrected chi connectivity index (χ1v) is 8.85. The van der Waals surface area contributed by atoms with Crippen LogP contribution in [0.15, 0.2) is 4.52 Å². The molecule has 1 aliphatic heterocycles. The maximum Gasteiger partial charge on any atom is 0.240 e. The number of methoxy groups -OCH3 is 1. The van der Waals surface area contributed by atoms with Gasteiger partial charge in [0.2, 0.25) is 5.89 Å². The number of nitrogens with zero attached hydrogens (tertiary/aromatic N) is 3. The van der Waals surface area contributed by atoms with Gasteiger partial charge in [-0.1, -0.05) is 37.3 Å². The maximum atomic E-state index is 5.41. The zero-order chi connectivity index (χ0) is 15.4. The molecule has 0 bridgehead atoms. The molecule has 2 heterocycles. The summed E-state index contributed by atoms with van der Waals surface area (Å²) in [7, 11) is 1.67. The van der Waals surface area contributed by atoms with Gasteiger partial charge in [0.1, 0.15) is 6.10 Å². The number of hydrogen-bond donors (Lipinski definition) is 0. The molecule has 2 fully saturated rings. The largest absolute Gasteiger partial charge is 0.374 e. The highest BCUT2D eigenvalue weighted by Crippen LogP contribution is 2.32. The van der Waals surface area contributed by atoms with Crippen molar-refractivity contribution < 1.29 is 9.26 Å². The Hall–Kier alpha value is -0.940. The van der Waals surface area contributed by atoms with Crippen LogP contribution in [0.4, 0.5) is 0 Å². The summed E-state index contributed by atoms with van der Waals surface area (Å²) in [4.78, 5) is 7.03. The van der Waals surface area contributed by atoms with E-state index >= 15 is 0 Å². The van der Waals surface area contributed by atoms with Crippen LogP contribution in [0, 0.1) is 5.92 Å². The van der Waals surface area contributed by atoms with E-state index in [-0.39, 0.29) is 6.10 Å². The molecule has 2 aliphatic rings. The summed E-state index contributed by atoms with van der Waals surface area (Å²) in [5.74, 6) is 2.32. The van der Waals surface area contributed by atoms with Crippen LogP contribution in [0.3, 0.4) is 0 Å². The molecular weight excluding hydrogens is 278 g/mol. The monoisotopic (exact) mass is 307 g/mol. The summed E-state index contributed by atoms with van der Waals surface area (Å²) in [5.41, 5.74) is 0. The van der Waals surface area contributed by atoms with Crippen LogP contribution < -0.4 is 0 Å². The molecule has 5 nitrogen and oxygen atoms in total. The lowest BCUT2D eigenvalue weighted by Gasteiger charge is -2.29. The van der Waals surface area contributed by atoms with Crippen molar-refractivity contribution >= 4 is 0 Å². The number of likely N-dealkylation sites (tertiary alicyclic amines) is 1. The second kappa shape index (κ2) is 7.55. The molecule has 0 spiro atoms. The first-order chi connectivity index (χ1) is 10.8. The topological polar surface area (TPSA) is 51.4 Å². The van der Waals surface area contributed by atoms with Gasteiger partial charge in [-0.3, -0.25) is 4.90 Å². The molecule has 1 saturated carbocycles. The molecule has 0 aromatic carbocycles. The highest BCUT2D eigenvalue weighted by molar-refractivity contribution is 4.92. The Morgan fingerprint density at radius 1 is 1.23 bits per heavy atom. The third-order valence-electron chi connectivity index (χ3n) is 5.37. The standard InChI is InChI=1S/C17H29N3O2/c1-13(21-2)17-18-16(22-19-17)12-20-10-6-9-15(20)11-14-7-4-3-5-8-14/h13-15H,3-12H2,1-2H3. The van der Waals surface area contributed by atoms with Crippen LogP contribution >= 0.6 is 0 Å². The van der Waals surface area contributed by atoms with E-state index in [4.69, 9.17) is 9.26 Å². The SMILES string of the molecule is COC(C)c1noc(CN2CCCC2CC2CCCCC2)n1. The Bertz CT molecular complexity index is 457. The summed E-state index contributed by atoms with van der Waals surface area (Å²) >= 11 is 0. The van der Waals surface area contributed by atoms with Gasteiger partial charge in [-0.25, -0.2) is 0 Å². The molecule has 0 amide bonds. The van der Waals surface area contributed by atoms with Crippen LogP contribution in [0.5, 0.6) is 0 Å². The number of hydrogen-bond acceptors (Lipinski definition) is 5. The highest BCUT2D eigenvalue weighted by atomic mass is 16.5. The Morgan fingerprint density at radius 3 is 2.82 bits per heavy atom. The van der Waals surface area contributed by atoms with Crippen molar-refractivity contribution in [2.24, 2.45) is 5.92 Å². The fourth-order valence-electron chi connectivity index (χ4n) is 3.95. The van der Waals surface area contributed by atoms with Gasteiger partial charge in [0.15, 0.2) is 5.82 Å². The summed E-state index contributed by atoms with van der Waals surface area (Å²) in [6, 6.07) is 0.707. The molecule has 3 rings (SSSR count). The van der Waals surface area contributed by atoms with E-state index in [0.29, 0.717) is 11.9 Å². The fraction of sp³-hybridized carbons (Fsp3) is 0.882. The van der Waals surface area contributed by atoms with Gasteiger partial charge >= 0.3 is 0 Å². The van der Waals surface area contributed by atoms with Crippen molar-refractivity contribution in [1.82, 2.24) is 15.0 Å². The van der Waals surface area contributed by atoms with Crippen LogP contribution in [0.1, 0.15) is 76.1 Å². The zero-order valence-electron chi connectivity index (χ0n) is 14.0. The lowest BCUT2D eigenvalue weighted by Crippen LogP contribution is -2.31. The third kappa shape index (κ3) is 3.87. The summed E-state index contributed by atoms with van der Waals surface area (Å²) in [6.07, 6.45) is 11.0. The zero-order valence-corrected chi connectivity index (χ0v) is 14.0. The number of ether oxygens (including phenoxy) is 1. The van der Waals surface area contributed by atoms with Crippen molar-refractivity contribution in [3.05, 3.63) is 11.7 Å². The molecule has 0 N–H and O–H groups in total. The van der Waals surface area contributed by atoms with E-state index < -0.39 is 0 Å². The van der Waals surface area contributed by atoms with Crippen molar-refractivity contribution in [2.45, 2.75) is 77.0 Å². The predicted molar refractivity (Wildman–Crippen MR) is 84.3 cm³/mol. The Labute approximate surface area is 133 Å². The van der Waals surface area contributed by atoms with E-state index in [0.717, 1.165) is 24.9 Å². The molecule has 1 aromatic heterocycles. The Balaban J connectivity index is 1.55. The summed E-state index contributed by atoms with van der Waals surface area (Å²) < 4.78 is 10.6. The van der Waals surface area contributed by atoms with E-state index in [1.165, 1.54) is 51.4 Å². The van der Waals surface area contributed by atoms with Crippen molar-refractivity contribution in [3.8, 4) is 0 Å². The average molecular weight is 307 g/mol. The minimum Gasteiger partial charge on any atom is -0.374 e. The van der Waals surface area contributed by atoms with E-state index in [9.17, 15) is 0 Å². The van der Waals surface area contributed by atoms with Gasteiger partial charge in [-0.15, -0.1) is 0 Å². The summed E-state index contributed by atoms with van der Waals surface area (Å²) in [5, 5.41) is 4.03. The van der Waals surface area contributed by atoms with Gasteiger partial charge in [0, 0.05) is 13.2 Å². The van der Waals surface area contributed by atoms with Crippen molar-refractivity contribution in [2.75, 3.05) is 13.7 Å². The van der Waals surface area contributed by atoms with Crippen LogP contribution in [-0.4, -0.2) is 34.7 Å². The van der Waals surface area contributed by atoms with Gasteiger partial charge in [-0.2, -0.15) is 4.98 Å². The lowest BCUT2D eigenvalue weighted by molar-refractivity contribution is 0.109. The number of aromatic nitrogens is 2. The molecule has 2 atom stereocenters. The van der Waals surface area contributed by atoms with Gasteiger partial charge in [0.05, 0.1) is 6.54 Å². The van der Waals surface area contributed by atoms with Crippen LogP contribution in [0.25, 0.3) is 0 Å². The Morgan fingerprint density at radius 2 is 2.05 bits per heavy atom. The van der Waals surface area contributed by atoms with E-state index in [1.54, 1.807) is 7.11 Å². The van der Waals surface area contributed by atoms with Gasteiger partial charge in [-0.05, 0) is 38.6 Å². The van der Waals surface area contributed by atoms with Gasteiger partial charge < -0.3 is 9.26 Å². The first-order valence-electron chi connectivity index (χ1n) is 8.85. The maximum absolute atomic E-state index is 5.41. The van der Waals surface area contributed by atoms with Gasteiger partial charge in [0.25, 0.3) is 0 Å².